The molecule has 0 radical (unpaired) electrons. The fourth-order valence-corrected chi connectivity index (χ4v) is 1.65. The first kappa shape index (κ1) is 13.0. The van der Waals surface area contributed by atoms with Gasteiger partial charge >= 0.3 is 5.97 Å². The summed E-state index contributed by atoms with van der Waals surface area (Å²) in [7, 11) is 0. The Kier molecular flexibility index (Phi) is 5.94. The van der Waals surface area contributed by atoms with Gasteiger partial charge < -0.3 is 4.74 Å². The van der Waals surface area contributed by atoms with Crippen molar-refractivity contribution in [1.82, 2.24) is 0 Å². The minimum Gasteiger partial charge on any atom is -0.465 e. The maximum absolute atomic E-state index is 11.4. The second-order valence-electron chi connectivity index (χ2n) is 3.67. The van der Waals surface area contributed by atoms with E-state index >= 15 is 0 Å². The molecule has 0 saturated heterocycles. The first-order valence-corrected chi connectivity index (χ1v) is 5.14. The zero-order chi connectivity index (χ0) is 11.1. The van der Waals surface area contributed by atoms with Crippen LogP contribution in [0.5, 0.6) is 0 Å². The average molecular weight is 197 g/mol. The lowest BCUT2D eigenvalue weighted by atomic mass is 9.82. The van der Waals surface area contributed by atoms with Crippen LogP contribution < -0.4 is 0 Å². The molecule has 14 heavy (non-hydrogen) atoms. The molecular weight excluding hydrogens is 178 g/mol. The molecule has 80 valence electrons. The Hall–Kier alpha value is -1.04. The number of esters is 1. The molecule has 0 bridgehead atoms. The Morgan fingerprint density at radius 1 is 1.43 bits per heavy atom. The average Bonchev–Trinajstić information content (AvgIpc) is 2.13. The molecule has 0 aromatic heterocycles. The van der Waals surface area contributed by atoms with Crippen LogP contribution in [0.2, 0.25) is 0 Å². The van der Waals surface area contributed by atoms with Gasteiger partial charge in [0.15, 0.2) is 0 Å². The number of hydrogen-bond acceptors (Lipinski definition) is 3. The molecule has 0 aromatic rings. The molecule has 0 spiro atoms. The van der Waals surface area contributed by atoms with Gasteiger partial charge in [-0.1, -0.05) is 27.2 Å². The standard InChI is InChI=1S/C11H19NO2/c1-5-9(8(3)4)10(7-12)11(13)14-6-2/h8-10H,5-6H2,1-4H3. The Morgan fingerprint density at radius 3 is 2.29 bits per heavy atom. The summed E-state index contributed by atoms with van der Waals surface area (Å²) in [5.74, 6) is -0.566. The summed E-state index contributed by atoms with van der Waals surface area (Å²) in [6, 6.07) is 2.04. The summed E-state index contributed by atoms with van der Waals surface area (Å²) in [5, 5.41) is 8.92. The number of ether oxygens (including phenoxy) is 1. The Balaban J connectivity index is 4.53. The van der Waals surface area contributed by atoms with Gasteiger partial charge in [0, 0.05) is 0 Å². The highest BCUT2D eigenvalue weighted by Gasteiger charge is 2.30. The van der Waals surface area contributed by atoms with Crippen LogP contribution in [0.25, 0.3) is 0 Å². The van der Waals surface area contributed by atoms with Crippen LogP contribution in [0, 0.1) is 29.1 Å². The molecule has 0 fully saturated rings. The molecular formula is C11H19NO2. The number of carbonyl (C=O) groups is 1. The molecule has 0 aliphatic rings. The van der Waals surface area contributed by atoms with Gasteiger partial charge in [0.05, 0.1) is 12.7 Å². The maximum atomic E-state index is 11.4. The minimum atomic E-state index is -0.611. The molecule has 0 heterocycles. The van der Waals surface area contributed by atoms with Gasteiger partial charge in [0.25, 0.3) is 0 Å². The van der Waals surface area contributed by atoms with Crippen LogP contribution in [-0.4, -0.2) is 12.6 Å². The van der Waals surface area contributed by atoms with Crippen molar-refractivity contribution >= 4 is 5.97 Å². The second-order valence-corrected chi connectivity index (χ2v) is 3.67. The number of carbonyl (C=O) groups excluding carboxylic acids is 1. The predicted molar refractivity (Wildman–Crippen MR) is 54.4 cm³/mol. The van der Waals surface area contributed by atoms with Crippen LogP contribution >= 0.6 is 0 Å². The van der Waals surface area contributed by atoms with Gasteiger partial charge in [-0.25, -0.2) is 0 Å². The summed E-state index contributed by atoms with van der Waals surface area (Å²) in [4.78, 5) is 11.4. The quantitative estimate of drug-likeness (QED) is 0.636. The summed E-state index contributed by atoms with van der Waals surface area (Å²) in [5.41, 5.74) is 0. The van der Waals surface area contributed by atoms with Crippen molar-refractivity contribution in [2.24, 2.45) is 17.8 Å². The molecule has 0 amide bonds. The van der Waals surface area contributed by atoms with Gasteiger partial charge in [-0.2, -0.15) is 5.26 Å². The van der Waals surface area contributed by atoms with Crippen molar-refractivity contribution < 1.29 is 9.53 Å². The summed E-state index contributed by atoms with van der Waals surface area (Å²) in [6.45, 7) is 8.14. The topological polar surface area (TPSA) is 50.1 Å². The zero-order valence-electron chi connectivity index (χ0n) is 9.41. The summed E-state index contributed by atoms with van der Waals surface area (Å²) < 4.78 is 4.87. The highest BCUT2D eigenvalue weighted by molar-refractivity contribution is 5.75. The van der Waals surface area contributed by atoms with Crippen molar-refractivity contribution in [1.29, 1.82) is 5.26 Å². The molecule has 0 aliphatic carbocycles. The van der Waals surface area contributed by atoms with E-state index in [1.54, 1.807) is 6.92 Å². The molecule has 0 rings (SSSR count). The minimum absolute atomic E-state index is 0.0963. The van der Waals surface area contributed by atoms with E-state index in [-0.39, 0.29) is 11.9 Å². The number of nitriles is 1. The SMILES string of the molecule is CCOC(=O)C(C#N)C(CC)C(C)C. The number of rotatable bonds is 5. The second kappa shape index (κ2) is 6.42. The third-order valence-corrected chi connectivity index (χ3v) is 2.44. The summed E-state index contributed by atoms with van der Waals surface area (Å²) in [6.07, 6.45) is 0.828. The summed E-state index contributed by atoms with van der Waals surface area (Å²) >= 11 is 0. The maximum Gasteiger partial charge on any atom is 0.323 e. The molecule has 3 nitrogen and oxygen atoms in total. The van der Waals surface area contributed by atoms with Crippen molar-refractivity contribution in [2.45, 2.75) is 34.1 Å². The van der Waals surface area contributed by atoms with Crippen LogP contribution in [0.4, 0.5) is 0 Å². The smallest absolute Gasteiger partial charge is 0.323 e. The molecule has 3 heteroatoms. The molecule has 0 aromatic carbocycles. The Bertz CT molecular complexity index is 218. The molecule has 2 unspecified atom stereocenters. The van der Waals surface area contributed by atoms with Crippen molar-refractivity contribution in [2.75, 3.05) is 6.61 Å². The van der Waals surface area contributed by atoms with Crippen LogP contribution in [0.1, 0.15) is 34.1 Å². The first-order valence-electron chi connectivity index (χ1n) is 5.14. The Morgan fingerprint density at radius 2 is 2.00 bits per heavy atom. The molecule has 2 atom stereocenters. The molecule has 0 saturated carbocycles. The fourth-order valence-electron chi connectivity index (χ4n) is 1.65. The zero-order valence-corrected chi connectivity index (χ0v) is 9.41. The number of nitrogens with zero attached hydrogens (tertiary/aromatic N) is 1. The Labute approximate surface area is 86.1 Å². The van der Waals surface area contributed by atoms with Gasteiger partial charge in [-0.15, -0.1) is 0 Å². The lowest BCUT2D eigenvalue weighted by molar-refractivity contribution is -0.148. The van der Waals surface area contributed by atoms with E-state index in [2.05, 4.69) is 0 Å². The predicted octanol–water partition coefficient (Wildman–Crippen LogP) is 2.37. The van der Waals surface area contributed by atoms with Crippen molar-refractivity contribution in [3.63, 3.8) is 0 Å². The lowest BCUT2D eigenvalue weighted by Crippen LogP contribution is -2.27. The van der Waals surface area contributed by atoms with Gasteiger partial charge in [0.2, 0.25) is 0 Å². The largest absolute Gasteiger partial charge is 0.465 e. The molecule has 0 N–H and O–H groups in total. The van der Waals surface area contributed by atoms with Gasteiger partial charge in [0.1, 0.15) is 5.92 Å². The monoisotopic (exact) mass is 197 g/mol. The van der Waals surface area contributed by atoms with Crippen LogP contribution in [-0.2, 0) is 9.53 Å². The van der Waals surface area contributed by atoms with E-state index in [1.807, 2.05) is 26.8 Å². The highest BCUT2D eigenvalue weighted by atomic mass is 16.5. The van der Waals surface area contributed by atoms with E-state index in [4.69, 9.17) is 10.00 Å². The first-order chi connectivity index (χ1) is 6.58. The van der Waals surface area contributed by atoms with Crippen LogP contribution in [0.3, 0.4) is 0 Å². The van der Waals surface area contributed by atoms with E-state index < -0.39 is 5.92 Å². The van der Waals surface area contributed by atoms with E-state index in [1.165, 1.54) is 0 Å². The molecule has 0 aliphatic heterocycles. The lowest BCUT2D eigenvalue weighted by Gasteiger charge is -2.22. The van der Waals surface area contributed by atoms with Gasteiger partial charge in [-0.05, 0) is 18.8 Å². The van der Waals surface area contributed by atoms with Crippen LogP contribution in [0.15, 0.2) is 0 Å². The normalized spacial score (nSPS) is 14.6. The fraction of sp³-hybridized carbons (Fsp3) is 0.818. The van der Waals surface area contributed by atoms with Gasteiger partial charge in [-0.3, -0.25) is 4.79 Å². The third kappa shape index (κ3) is 3.37. The highest BCUT2D eigenvalue weighted by Crippen LogP contribution is 2.25. The number of hydrogen-bond donors (Lipinski definition) is 0. The van der Waals surface area contributed by atoms with E-state index in [0.717, 1.165) is 6.42 Å². The van der Waals surface area contributed by atoms with Crippen molar-refractivity contribution in [3.05, 3.63) is 0 Å². The van der Waals surface area contributed by atoms with Crippen molar-refractivity contribution in [3.8, 4) is 6.07 Å². The van der Waals surface area contributed by atoms with E-state index in [0.29, 0.717) is 12.5 Å². The third-order valence-electron chi connectivity index (χ3n) is 2.44. The van der Waals surface area contributed by atoms with E-state index in [9.17, 15) is 4.79 Å².